The van der Waals surface area contributed by atoms with Gasteiger partial charge in [-0.25, -0.2) is 0 Å². The molecule has 7 heteroatoms. The van der Waals surface area contributed by atoms with Gasteiger partial charge in [0.05, 0.1) is 0 Å². The van der Waals surface area contributed by atoms with Crippen LogP contribution in [-0.4, -0.2) is 47.3 Å². The molecule has 0 aromatic heterocycles. The van der Waals surface area contributed by atoms with Crippen LogP contribution in [0.15, 0.2) is 18.2 Å². The van der Waals surface area contributed by atoms with E-state index in [1.54, 1.807) is 4.90 Å². The van der Waals surface area contributed by atoms with Crippen LogP contribution in [-0.2, 0) is 22.7 Å². The summed E-state index contributed by atoms with van der Waals surface area (Å²) in [6, 6.07) is 5.44. The number of benzene rings is 1. The molecule has 5 rings (SSSR count). The highest BCUT2D eigenvalue weighted by Crippen LogP contribution is 2.38. The van der Waals surface area contributed by atoms with E-state index in [2.05, 4.69) is 22.0 Å². The summed E-state index contributed by atoms with van der Waals surface area (Å²) in [4.78, 5) is 38.0. The van der Waals surface area contributed by atoms with E-state index in [1.165, 1.54) is 24.8 Å². The Morgan fingerprint density at radius 3 is 2.96 bits per heavy atom. The summed E-state index contributed by atoms with van der Waals surface area (Å²) in [7, 11) is 0. The van der Waals surface area contributed by atoms with Crippen LogP contribution in [0.2, 0.25) is 0 Å². The second-order valence-corrected chi connectivity index (χ2v) is 8.62. The van der Waals surface area contributed by atoms with Crippen LogP contribution in [0.4, 0.5) is 0 Å². The van der Waals surface area contributed by atoms with Crippen molar-refractivity contribution in [2.24, 2.45) is 5.92 Å². The van der Waals surface area contributed by atoms with Gasteiger partial charge in [0.25, 0.3) is 5.91 Å². The molecular weight excluding hydrogens is 356 g/mol. The lowest BCUT2D eigenvalue weighted by molar-refractivity contribution is -0.136. The van der Waals surface area contributed by atoms with E-state index in [0.717, 1.165) is 25.2 Å². The molecule has 28 heavy (non-hydrogen) atoms. The molecule has 3 fully saturated rings. The van der Waals surface area contributed by atoms with Crippen LogP contribution < -0.4 is 16.0 Å². The maximum atomic E-state index is 12.8. The SMILES string of the molecule is O=C1CCC(N2Cc3cc(CN[C@]45CCC[C@H]4CNC5)ccc3C2=O)C(=O)N1. The number of carbonyl (C=O) groups is 3. The number of nitrogens with zero attached hydrogens (tertiary/aromatic N) is 1. The molecule has 1 aromatic carbocycles. The van der Waals surface area contributed by atoms with Crippen molar-refractivity contribution in [1.82, 2.24) is 20.9 Å². The lowest BCUT2D eigenvalue weighted by Crippen LogP contribution is -2.52. The molecule has 0 spiro atoms. The number of carbonyl (C=O) groups excluding carboxylic acids is 3. The Labute approximate surface area is 164 Å². The van der Waals surface area contributed by atoms with Gasteiger partial charge in [0.2, 0.25) is 11.8 Å². The number of fused-ring (bicyclic) bond motifs is 2. The Balaban J connectivity index is 1.29. The van der Waals surface area contributed by atoms with Crippen molar-refractivity contribution < 1.29 is 14.4 Å². The van der Waals surface area contributed by atoms with E-state index < -0.39 is 6.04 Å². The molecule has 3 aliphatic heterocycles. The largest absolute Gasteiger partial charge is 0.322 e. The van der Waals surface area contributed by atoms with Gasteiger partial charge < -0.3 is 15.5 Å². The third-order valence-electron chi connectivity index (χ3n) is 7.02. The van der Waals surface area contributed by atoms with Crippen LogP contribution in [0.25, 0.3) is 0 Å². The summed E-state index contributed by atoms with van der Waals surface area (Å²) in [5.74, 6) is -0.0193. The van der Waals surface area contributed by atoms with Crippen LogP contribution in [0.3, 0.4) is 0 Å². The zero-order valence-electron chi connectivity index (χ0n) is 15.9. The minimum Gasteiger partial charge on any atom is -0.322 e. The van der Waals surface area contributed by atoms with Crippen molar-refractivity contribution >= 4 is 17.7 Å². The van der Waals surface area contributed by atoms with E-state index in [-0.39, 0.29) is 29.7 Å². The lowest BCUT2D eigenvalue weighted by atomic mass is 9.90. The molecule has 0 bridgehead atoms. The first kappa shape index (κ1) is 17.8. The summed E-state index contributed by atoms with van der Waals surface area (Å²) in [6.45, 7) is 3.36. The Morgan fingerprint density at radius 2 is 2.11 bits per heavy atom. The topological polar surface area (TPSA) is 90.5 Å². The van der Waals surface area contributed by atoms with Gasteiger partial charge in [-0.3, -0.25) is 19.7 Å². The molecule has 1 unspecified atom stereocenters. The maximum absolute atomic E-state index is 12.8. The normalized spacial score (nSPS) is 31.9. The fourth-order valence-electron chi connectivity index (χ4n) is 5.46. The Morgan fingerprint density at radius 1 is 1.21 bits per heavy atom. The molecule has 1 aliphatic carbocycles. The number of hydrogen-bond acceptors (Lipinski definition) is 5. The Hall–Kier alpha value is -2.25. The van der Waals surface area contributed by atoms with Crippen LogP contribution >= 0.6 is 0 Å². The fraction of sp³-hybridized carbons (Fsp3) is 0.571. The molecule has 4 aliphatic rings. The molecule has 3 N–H and O–H groups in total. The lowest BCUT2D eigenvalue weighted by Gasteiger charge is -2.30. The van der Waals surface area contributed by atoms with Crippen molar-refractivity contribution in [3.63, 3.8) is 0 Å². The summed E-state index contributed by atoms with van der Waals surface area (Å²) in [5.41, 5.74) is 3.03. The van der Waals surface area contributed by atoms with Gasteiger partial charge in [0.1, 0.15) is 6.04 Å². The van der Waals surface area contributed by atoms with Crippen LogP contribution in [0, 0.1) is 5.92 Å². The first-order chi connectivity index (χ1) is 13.6. The molecular formula is C21H26N4O3. The predicted molar refractivity (Wildman–Crippen MR) is 102 cm³/mol. The third kappa shape index (κ3) is 2.84. The minimum atomic E-state index is -0.554. The first-order valence-electron chi connectivity index (χ1n) is 10.3. The summed E-state index contributed by atoms with van der Waals surface area (Å²) < 4.78 is 0. The second kappa shape index (κ2) is 6.67. The van der Waals surface area contributed by atoms with E-state index in [4.69, 9.17) is 0 Å². The molecule has 1 aromatic rings. The zero-order chi connectivity index (χ0) is 19.3. The van der Waals surface area contributed by atoms with E-state index in [1.807, 2.05) is 12.1 Å². The fourth-order valence-corrected chi connectivity index (χ4v) is 5.46. The molecule has 7 nitrogen and oxygen atoms in total. The number of piperidine rings is 1. The standard InChI is InChI=1S/C21H26N4O3/c26-18-6-5-17(19(27)24-18)25-11-14-8-13(3-4-16(14)20(25)28)9-23-21-7-1-2-15(21)10-22-12-21/h3-4,8,15,17,22-23H,1-2,5-7,9-12H2,(H,24,26,27)/t15-,17?,21-/m0/s1. The van der Waals surface area contributed by atoms with Crippen LogP contribution in [0.1, 0.15) is 53.6 Å². The molecule has 2 saturated heterocycles. The van der Waals surface area contributed by atoms with Crippen molar-refractivity contribution in [1.29, 1.82) is 0 Å². The van der Waals surface area contributed by atoms with Gasteiger partial charge in [0.15, 0.2) is 0 Å². The first-order valence-corrected chi connectivity index (χ1v) is 10.3. The van der Waals surface area contributed by atoms with E-state index in [0.29, 0.717) is 24.4 Å². The van der Waals surface area contributed by atoms with Crippen molar-refractivity contribution in [3.05, 3.63) is 34.9 Å². The van der Waals surface area contributed by atoms with E-state index >= 15 is 0 Å². The highest BCUT2D eigenvalue weighted by Gasteiger charge is 2.45. The van der Waals surface area contributed by atoms with Crippen molar-refractivity contribution in [2.45, 2.75) is 56.8 Å². The number of nitrogens with one attached hydrogen (secondary N) is 3. The summed E-state index contributed by atoms with van der Waals surface area (Å²) in [6.07, 6.45) is 4.48. The van der Waals surface area contributed by atoms with Crippen molar-refractivity contribution in [3.8, 4) is 0 Å². The average molecular weight is 382 g/mol. The molecule has 148 valence electrons. The van der Waals surface area contributed by atoms with E-state index in [9.17, 15) is 14.4 Å². The summed E-state index contributed by atoms with van der Waals surface area (Å²) in [5, 5.41) is 9.67. The Bertz CT molecular complexity index is 842. The van der Waals surface area contributed by atoms with Crippen molar-refractivity contribution in [2.75, 3.05) is 13.1 Å². The monoisotopic (exact) mass is 382 g/mol. The zero-order valence-corrected chi connectivity index (χ0v) is 15.9. The molecule has 0 radical (unpaired) electrons. The third-order valence-corrected chi connectivity index (χ3v) is 7.02. The second-order valence-electron chi connectivity index (χ2n) is 8.62. The maximum Gasteiger partial charge on any atom is 0.255 e. The average Bonchev–Trinajstić information content (AvgIpc) is 3.33. The van der Waals surface area contributed by atoms with Gasteiger partial charge in [-0.05, 0) is 48.9 Å². The van der Waals surface area contributed by atoms with Gasteiger partial charge in [-0.2, -0.15) is 0 Å². The highest BCUT2D eigenvalue weighted by atomic mass is 16.2. The Kier molecular flexibility index (Phi) is 4.25. The van der Waals surface area contributed by atoms with Gasteiger partial charge in [0, 0.05) is 37.2 Å². The number of imide groups is 1. The molecule has 3 atom stereocenters. The molecule has 1 saturated carbocycles. The predicted octanol–water partition coefficient (Wildman–Crippen LogP) is 0.679. The minimum absolute atomic E-state index is 0.113. The number of amides is 3. The number of rotatable bonds is 4. The summed E-state index contributed by atoms with van der Waals surface area (Å²) >= 11 is 0. The van der Waals surface area contributed by atoms with Crippen LogP contribution in [0.5, 0.6) is 0 Å². The molecule has 3 heterocycles. The van der Waals surface area contributed by atoms with Gasteiger partial charge in [-0.15, -0.1) is 0 Å². The van der Waals surface area contributed by atoms with Gasteiger partial charge in [-0.1, -0.05) is 18.6 Å². The van der Waals surface area contributed by atoms with Gasteiger partial charge >= 0.3 is 0 Å². The smallest absolute Gasteiger partial charge is 0.255 e. The number of hydrogen-bond donors (Lipinski definition) is 3. The molecule has 3 amide bonds. The quantitative estimate of drug-likeness (QED) is 0.667. The highest BCUT2D eigenvalue weighted by molar-refractivity contribution is 6.05.